The van der Waals surface area contributed by atoms with Gasteiger partial charge in [0.15, 0.2) is 35.0 Å². The van der Waals surface area contributed by atoms with E-state index in [-0.39, 0.29) is 30.3 Å². The van der Waals surface area contributed by atoms with Crippen LogP contribution in [0.2, 0.25) is 0 Å². The number of amides is 1. The van der Waals surface area contributed by atoms with Crippen molar-refractivity contribution in [2.24, 2.45) is 0 Å². The summed E-state index contributed by atoms with van der Waals surface area (Å²) in [4.78, 5) is 26.7. The molecule has 5 aromatic rings. The second kappa shape index (κ2) is 13.8. The number of fused-ring (bicyclic) bond motifs is 2. The van der Waals surface area contributed by atoms with Gasteiger partial charge in [-0.1, -0.05) is 86.7 Å². The number of nitrogens with zero attached hydrogens (tertiary/aromatic N) is 4. The van der Waals surface area contributed by atoms with Crippen molar-refractivity contribution < 1.29 is 28.5 Å². The molecule has 0 aliphatic carbocycles. The minimum absolute atomic E-state index is 0.148. The molecule has 51 heavy (non-hydrogen) atoms. The number of carbonyl (C=O) groups is 1. The van der Waals surface area contributed by atoms with E-state index in [0.717, 1.165) is 16.7 Å². The summed E-state index contributed by atoms with van der Waals surface area (Å²) >= 11 is 0. The molecule has 1 fully saturated rings. The first kappa shape index (κ1) is 34.2. The molecule has 3 N–H and O–H groups in total. The number of anilines is 1. The Balaban J connectivity index is 1.10. The van der Waals surface area contributed by atoms with Gasteiger partial charge in [-0.15, -0.1) is 0 Å². The zero-order chi connectivity index (χ0) is 35.8. The molecule has 2 aromatic heterocycles. The van der Waals surface area contributed by atoms with Crippen LogP contribution in [0.4, 0.5) is 5.82 Å². The summed E-state index contributed by atoms with van der Waals surface area (Å²) in [6.45, 7) is 8.10. The van der Waals surface area contributed by atoms with Crippen molar-refractivity contribution >= 4 is 22.9 Å². The molecule has 12 heteroatoms. The molecule has 0 spiro atoms. The SMILES string of the molecule is COC(C)(C)OC1C[C@@H](/C=C/CNC(=O)c2cc(C(C)C)cc3c2OC(c2ccccc2)(c2ccccc2)O3)O[C@H]1n1cnc2c(N)ncnc21. The Morgan fingerprint density at radius 3 is 2.43 bits per heavy atom. The molecule has 1 saturated heterocycles. The number of hydrogen-bond acceptors (Lipinski definition) is 10. The summed E-state index contributed by atoms with van der Waals surface area (Å²) < 4.78 is 33.6. The first-order valence-electron chi connectivity index (χ1n) is 17.0. The van der Waals surface area contributed by atoms with Crippen LogP contribution in [0.1, 0.15) is 73.3 Å². The Labute approximate surface area is 296 Å². The number of nitrogens with two attached hydrogens (primary N) is 1. The molecule has 12 nitrogen and oxygen atoms in total. The summed E-state index contributed by atoms with van der Waals surface area (Å²) in [6.07, 6.45) is 6.06. The van der Waals surface area contributed by atoms with Gasteiger partial charge in [0.1, 0.15) is 17.9 Å². The molecule has 1 amide bonds. The molecule has 0 radical (unpaired) electrons. The van der Waals surface area contributed by atoms with Crippen LogP contribution < -0.4 is 20.5 Å². The van der Waals surface area contributed by atoms with Gasteiger partial charge in [-0.25, -0.2) is 15.0 Å². The number of hydrogen-bond donors (Lipinski definition) is 2. The summed E-state index contributed by atoms with van der Waals surface area (Å²) in [5.41, 5.74) is 10.1. The normalized spacial score (nSPS) is 19.7. The van der Waals surface area contributed by atoms with E-state index in [1.54, 1.807) is 18.0 Å². The summed E-state index contributed by atoms with van der Waals surface area (Å²) in [5, 5.41) is 3.04. The van der Waals surface area contributed by atoms with Gasteiger partial charge in [-0.05, 0) is 37.5 Å². The molecule has 264 valence electrons. The molecule has 0 bridgehead atoms. The number of imidazole rings is 1. The van der Waals surface area contributed by atoms with Crippen molar-refractivity contribution in [2.45, 2.75) is 70.0 Å². The molecule has 2 aliphatic rings. The summed E-state index contributed by atoms with van der Waals surface area (Å²) in [5.74, 6) is -1.05. The van der Waals surface area contributed by atoms with Crippen LogP contribution in [-0.4, -0.2) is 57.1 Å². The maximum Gasteiger partial charge on any atom is 0.305 e. The second-order valence-electron chi connectivity index (χ2n) is 13.4. The lowest BCUT2D eigenvalue weighted by atomic mass is 9.97. The van der Waals surface area contributed by atoms with Crippen molar-refractivity contribution in [3.8, 4) is 11.5 Å². The van der Waals surface area contributed by atoms with E-state index in [4.69, 9.17) is 29.4 Å². The Hall–Kier alpha value is -5.30. The van der Waals surface area contributed by atoms with Crippen LogP contribution in [0.15, 0.2) is 97.6 Å². The minimum Gasteiger partial charge on any atom is -0.440 e. The van der Waals surface area contributed by atoms with Crippen molar-refractivity contribution in [2.75, 3.05) is 19.4 Å². The third-order valence-electron chi connectivity index (χ3n) is 9.21. The largest absolute Gasteiger partial charge is 0.440 e. The predicted octanol–water partition coefficient (Wildman–Crippen LogP) is 6.25. The zero-order valence-corrected chi connectivity index (χ0v) is 29.3. The highest BCUT2D eigenvalue weighted by Crippen LogP contribution is 2.50. The highest BCUT2D eigenvalue weighted by Gasteiger charge is 2.47. The van der Waals surface area contributed by atoms with Crippen LogP contribution >= 0.6 is 0 Å². The van der Waals surface area contributed by atoms with E-state index >= 15 is 0 Å². The first-order valence-corrected chi connectivity index (χ1v) is 17.0. The minimum atomic E-state index is -1.25. The average molecular weight is 691 g/mol. The Morgan fingerprint density at radius 2 is 1.76 bits per heavy atom. The van der Waals surface area contributed by atoms with Gasteiger partial charge in [-0.2, -0.15) is 0 Å². The highest BCUT2D eigenvalue weighted by atomic mass is 16.7. The van der Waals surface area contributed by atoms with Crippen LogP contribution in [0.25, 0.3) is 11.2 Å². The zero-order valence-electron chi connectivity index (χ0n) is 29.3. The number of methoxy groups -OCH3 is 1. The van der Waals surface area contributed by atoms with Gasteiger partial charge in [-0.3, -0.25) is 9.36 Å². The smallest absolute Gasteiger partial charge is 0.305 e. The number of nitrogens with one attached hydrogen (secondary N) is 1. The molecule has 2 aliphatic heterocycles. The van der Waals surface area contributed by atoms with E-state index in [0.29, 0.717) is 34.6 Å². The second-order valence-corrected chi connectivity index (χ2v) is 13.4. The lowest BCUT2D eigenvalue weighted by Crippen LogP contribution is -2.37. The molecular formula is C39H42N6O6. The number of benzene rings is 3. The lowest BCUT2D eigenvalue weighted by molar-refractivity contribution is -0.237. The highest BCUT2D eigenvalue weighted by molar-refractivity contribution is 5.98. The monoisotopic (exact) mass is 690 g/mol. The fourth-order valence-electron chi connectivity index (χ4n) is 6.42. The Kier molecular flexibility index (Phi) is 9.23. The third-order valence-corrected chi connectivity index (χ3v) is 9.21. The van der Waals surface area contributed by atoms with Crippen LogP contribution in [-0.2, 0) is 20.0 Å². The molecule has 3 aromatic carbocycles. The topological polar surface area (TPSA) is 145 Å². The van der Waals surface area contributed by atoms with E-state index in [9.17, 15) is 4.79 Å². The first-order chi connectivity index (χ1) is 24.6. The van der Waals surface area contributed by atoms with E-state index < -0.39 is 23.9 Å². The maximum atomic E-state index is 13.9. The fraction of sp³-hybridized carbons (Fsp3) is 0.333. The van der Waals surface area contributed by atoms with Gasteiger partial charge in [0, 0.05) is 31.2 Å². The number of carbonyl (C=O) groups excluding carboxylic acids is 1. The predicted molar refractivity (Wildman–Crippen MR) is 191 cm³/mol. The number of rotatable bonds is 11. The molecule has 1 unspecified atom stereocenters. The fourth-order valence-corrected chi connectivity index (χ4v) is 6.42. The third kappa shape index (κ3) is 6.65. The van der Waals surface area contributed by atoms with Gasteiger partial charge in [0.25, 0.3) is 5.91 Å². The molecule has 4 heterocycles. The lowest BCUT2D eigenvalue weighted by Gasteiger charge is -2.30. The Bertz CT molecular complexity index is 2010. The van der Waals surface area contributed by atoms with Crippen LogP contribution in [0.5, 0.6) is 11.5 Å². The van der Waals surface area contributed by atoms with E-state index in [1.165, 1.54) is 6.33 Å². The van der Waals surface area contributed by atoms with Crippen molar-refractivity contribution in [3.63, 3.8) is 0 Å². The van der Waals surface area contributed by atoms with Gasteiger partial charge >= 0.3 is 5.79 Å². The standard InChI is InChI=1S/C39H42N6O6/c1-24(2)25-19-29(33-30(20-25)50-39(51-33,26-13-8-6-9-14-26)27-15-10-7-11-16-27)36(46)41-18-12-17-28-21-31(49-38(3,4)47-5)37(48-28)45-23-44-32-34(40)42-22-43-35(32)45/h6-17,19-20,22-24,28,31,37H,18,21H2,1-5H3,(H,41,46)(H2,40,42,43)/b17-12+/t28-,31?,37-/m1/s1. The summed E-state index contributed by atoms with van der Waals surface area (Å²) in [7, 11) is 1.60. The average Bonchev–Trinajstić information content (AvgIpc) is 3.86. The van der Waals surface area contributed by atoms with Crippen LogP contribution in [0.3, 0.4) is 0 Å². The van der Waals surface area contributed by atoms with E-state index in [2.05, 4.69) is 34.1 Å². The number of aromatic nitrogens is 4. The number of nitrogen functional groups attached to an aromatic ring is 1. The molecule has 7 rings (SSSR count). The molecule has 3 atom stereocenters. The van der Waals surface area contributed by atoms with Crippen molar-refractivity contribution in [1.82, 2.24) is 24.8 Å². The van der Waals surface area contributed by atoms with E-state index in [1.807, 2.05) is 98.8 Å². The number of ether oxygens (including phenoxy) is 5. The van der Waals surface area contributed by atoms with Crippen molar-refractivity contribution in [1.29, 1.82) is 0 Å². The van der Waals surface area contributed by atoms with Gasteiger partial charge in [0.2, 0.25) is 0 Å². The Morgan fingerprint density at radius 1 is 1.06 bits per heavy atom. The molecule has 0 saturated carbocycles. The molecular weight excluding hydrogens is 648 g/mol. The van der Waals surface area contributed by atoms with Gasteiger partial charge in [0.05, 0.1) is 18.0 Å². The van der Waals surface area contributed by atoms with Crippen LogP contribution in [0, 0.1) is 0 Å². The summed E-state index contributed by atoms with van der Waals surface area (Å²) in [6, 6.07) is 23.4. The van der Waals surface area contributed by atoms with Gasteiger partial charge < -0.3 is 34.7 Å². The van der Waals surface area contributed by atoms with Crippen molar-refractivity contribution in [3.05, 3.63) is 120 Å². The maximum absolute atomic E-state index is 13.9. The quantitative estimate of drug-likeness (QED) is 0.121.